The van der Waals surface area contributed by atoms with Crippen LogP contribution in [0.2, 0.25) is 0 Å². The zero-order chi connectivity index (χ0) is 13.7. The van der Waals surface area contributed by atoms with Crippen molar-refractivity contribution in [2.75, 3.05) is 31.6 Å². The zero-order valence-electron chi connectivity index (χ0n) is 11.1. The summed E-state index contributed by atoms with van der Waals surface area (Å²) in [5.74, 6) is 0.110. The maximum absolute atomic E-state index is 10.6. The number of piperazine rings is 1. The average Bonchev–Trinajstić information content (AvgIpc) is 2.45. The molecule has 0 saturated carbocycles. The Bertz CT molecular complexity index is 436. The molecule has 1 aromatic rings. The number of anilines is 1. The molecule has 0 spiro atoms. The highest BCUT2D eigenvalue weighted by Crippen LogP contribution is 2.22. The molecule has 1 aromatic carbocycles. The molecule has 1 aliphatic heterocycles. The van der Waals surface area contributed by atoms with Crippen molar-refractivity contribution in [1.82, 2.24) is 5.32 Å². The molecule has 1 heterocycles. The van der Waals surface area contributed by atoms with Gasteiger partial charge in [0.05, 0.1) is 7.11 Å². The summed E-state index contributed by atoms with van der Waals surface area (Å²) in [6.07, 6.45) is 0.874. The van der Waals surface area contributed by atoms with Gasteiger partial charge >= 0.3 is 5.97 Å². The van der Waals surface area contributed by atoms with Crippen LogP contribution in [-0.4, -0.2) is 43.9 Å². The quantitative estimate of drug-likeness (QED) is 0.840. The Hall–Kier alpha value is -1.75. The molecule has 0 amide bonds. The fourth-order valence-corrected chi connectivity index (χ4v) is 2.36. The summed E-state index contributed by atoms with van der Waals surface area (Å²) < 4.78 is 5.23. The maximum Gasteiger partial charge on any atom is 0.303 e. The number of nitrogens with zero attached hydrogens (tertiary/aromatic N) is 1. The smallest absolute Gasteiger partial charge is 0.303 e. The standard InChI is InChI=1S/C14H20N2O3/c1-19-13-4-2-3-12(9-13)16-8-7-15-11(10-16)5-6-14(17)18/h2-4,9,11,15H,5-8,10H2,1H3,(H,17,18). The van der Waals surface area contributed by atoms with Crippen molar-refractivity contribution in [3.05, 3.63) is 24.3 Å². The normalized spacial score (nSPS) is 19.2. The Morgan fingerprint density at radius 2 is 2.42 bits per heavy atom. The van der Waals surface area contributed by atoms with Crippen molar-refractivity contribution in [3.8, 4) is 5.75 Å². The van der Waals surface area contributed by atoms with Gasteiger partial charge in [0.25, 0.3) is 0 Å². The van der Waals surface area contributed by atoms with Gasteiger partial charge in [-0.2, -0.15) is 0 Å². The Morgan fingerprint density at radius 3 is 3.16 bits per heavy atom. The molecule has 5 heteroatoms. The highest BCUT2D eigenvalue weighted by atomic mass is 16.5. The summed E-state index contributed by atoms with van der Waals surface area (Å²) in [6.45, 7) is 2.64. The van der Waals surface area contributed by atoms with Crippen LogP contribution in [-0.2, 0) is 4.79 Å². The number of carbonyl (C=O) groups is 1. The van der Waals surface area contributed by atoms with Gasteiger partial charge in [-0.15, -0.1) is 0 Å². The summed E-state index contributed by atoms with van der Waals surface area (Å²) in [7, 11) is 1.66. The molecule has 0 aromatic heterocycles. The van der Waals surface area contributed by atoms with Crippen molar-refractivity contribution >= 4 is 11.7 Å². The van der Waals surface area contributed by atoms with Gasteiger partial charge in [0.2, 0.25) is 0 Å². The molecule has 1 unspecified atom stereocenters. The van der Waals surface area contributed by atoms with Crippen molar-refractivity contribution in [3.63, 3.8) is 0 Å². The predicted octanol–water partition coefficient (Wildman–Crippen LogP) is 1.34. The van der Waals surface area contributed by atoms with Crippen LogP contribution < -0.4 is 15.0 Å². The summed E-state index contributed by atoms with van der Waals surface area (Å²) in [4.78, 5) is 12.9. The van der Waals surface area contributed by atoms with Gasteiger partial charge in [0, 0.05) is 43.9 Å². The van der Waals surface area contributed by atoms with E-state index in [-0.39, 0.29) is 12.5 Å². The number of ether oxygens (including phenoxy) is 1. The largest absolute Gasteiger partial charge is 0.497 e. The maximum atomic E-state index is 10.6. The number of hydrogen-bond acceptors (Lipinski definition) is 4. The second kappa shape index (κ2) is 6.43. The number of carboxylic acids is 1. The summed E-state index contributed by atoms with van der Waals surface area (Å²) in [6, 6.07) is 8.20. The molecular weight excluding hydrogens is 244 g/mol. The molecule has 1 saturated heterocycles. The van der Waals surface area contributed by atoms with Crippen LogP contribution in [0.3, 0.4) is 0 Å². The van der Waals surface area contributed by atoms with Gasteiger partial charge in [-0.1, -0.05) is 6.07 Å². The van der Waals surface area contributed by atoms with Crippen LogP contribution in [0.4, 0.5) is 5.69 Å². The van der Waals surface area contributed by atoms with E-state index in [2.05, 4.69) is 16.3 Å². The first kappa shape index (κ1) is 13.7. The van der Waals surface area contributed by atoms with E-state index in [0.717, 1.165) is 31.1 Å². The van der Waals surface area contributed by atoms with Crippen LogP contribution in [0.15, 0.2) is 24.3 Å². The van der Waals surface area contributed by atoms with E-state index in [1.54, 1.807) is 7.11 Å². The highest BCUT2D eigenvalue weighted by Gasteiger charge is 2.20. The minimum absolute atomic E-state index is 0.212. The minimum Gasteiger partial charge on any atom is -0.497 e. The first-order chi connectivity index (χ1) is 9.19. The van der Waals surface area contributed by atoms with E-state index >= 15 is 0 Å². The Kier molecular flexibility index (Phi) is 4.63. The third-order valence-electron chi connectivity index (χ3n) is 3.38. The predicted molar refractivity (Wildman–Crippen MR) is 73.9 cm³/mol. The van der Waals surface area contributed by atoms with Gasteiger partial charge in [-0.3, -0.25) is 4.79 Å². The van der Waals surface area contributed by atoms with Crippen LogP contribution in [0.5, 0.6) is 5.75 Å². The number of hydrogen-bond donors (Lipinski definition) is 2. The Morgan fingerprint density at radius 1 is 1.58 bits per heavy atom. The van der Waals surface area contributed by atoms with Crippen LogP contribution >= 0.6 is 0 Å². The molecule has 1 fully saturated rings. The van der Waals surface area contributed by atoms with E-state index in [4.69, 9.17) is 9.84 Å². The van der Waals surface area contributed by atoms with E-state index in [0.29, 0.717) is 6.42 Å². The topological polar surface area (TPSA) is 61.8 Å². The van der Waals surface area contributed by atoms with Crippen molar-refractivity contribution in [1.29, 1.82) is 0 Å². The fraction of sp³-hybridized carbons (Fsp3) is 0.500. The third-order valence-corrected chi connectivity index (χ3v) is 3.38. The van der Waals surface area contributed by atoms with Gasteiger partial charge in [0.1, 0.15) is 5.75 Å². The second-order valence-electron chi connectivity index (χ2n) is 4.73. The van der Waals surface area contributed by atoms with E-state index in [9.17, 15) is 4.79 Å². The van der Waals surface area contributed by atoms with Crippen molar-refractivity contribution < 1.29 is 14.6 Å². The molecule has 104 valence electrons. The molecule has 19 heavy (non-hydrogen) atoms. The second-order valence-corrected chi connectivity index (χ2v) is 4.73. The summed E-state index contributed by atoms with van der Waals surface area (Å²) >= 11 is 0. The number of nitrogens with one attached hydrogen (secondary N) is 1. The number of carboxylic acid groups (broad SMARTS) is 1. The van der Waals surface area contributed by atoms with Crippen molar-refractivity contribution in [2.24, 2.45) is 0 Å². The monoisotopic (exact) mass is 264 g/mol. The summed E-state index contributed by atoms with van der Waals surface area (Å²) in [5.41, 5.74) is 1.13. The van der Waals surface area contributed by atoms with E-state index in [1.807, 2.05) is 18.2 Å². The molecule has 1 atom stereocenters. The zero-order valence-corrected chi connectivity index (χ0v) is 11.1. The van der Waals surface area contributed by atoms with Gasteiger partial charge in [-0.05, 0) is 18.6 Å². The first-order valence-corrected chi connectivity index (χ1v) is 6.53. The number of benzene rings is 1. The Labute approximate surface area is 113 Å². The lowest BCUT2D eigenvalue weighted by atomic mass is 10.1. The van der Waals surface area contributed by atoms with Crippen LogP contribution in [0, 0.1) is 0 Å². The average molecular weight is 264 g/mol. The number of aliphatic carboxylic acids is 1. The van der Waals surface area contributed by atoms with Crippen molar-refractivity contribution in [2.45, 2.75) is 18.9 Å². The number of methoxy groups -OCH3 is 1. The van der Waals surface area contributed by atoms with E-state index in [1.165, 1.54) is 0 Å². The molecule has 0 bridgehead atoms. The van der Waals surface area contributed by atoms with Crippen LogP contribution in [0.1, 0.15) is 12.8 Å². The molecule has 5 nitrogen and oxygen atoms in total. The molecule has 2 N–H and O–H groups in total. The SMILES string of the molecule is COc1cccc(N2CCNC(CCC(=O)O)C2)c1. The lowest BCUT2D eigenvalue weighted by Crippen LogP contribution is -2.50. The fourth-order valence-electron chi connectivity index (χ4n) is 2.36. The molecule has 2 rings (SSSR count). The first-order valence-electron chi connectivity index (χ1n) is 6.53. The van der Waals surface area contributed by atoms with E-state index < -0.39 is 5.97 Å². The minimum atomic E-state index is -0.736. The van der Waals surface area contributed by atoms with Crippen LogP contribution in [0.25, 0.3) is 0 Å². The van der Waals surface area contributed by atoms with Gasteiger partial charge < -0.3 is 20.1 Å². The summed E-state index contributed by atoms with van der Waals surface area (Å²) in [5, 5.41) is 12.1. The lowest BCUT2D eigenvalue weighted by molar-refractivity contribution is -0.137. The number of rotatable bonds is 5. The molecule has 0 aliphatic carbocycles. The van der Waals surface area contributed by atoms with Gasteiger partial charge in [0.15, 0.2) is 0 Å². The molecule has 0 radical (unpaired) electrons. The molecule has 1 aliphatic rings. The molecular formula is C14H20N2O3. The third kappa shape index (κ3) is 3.86. The highest BCUT2D eigenvalue weighted by molar-refractivity contribution is 5.66. The Balaban J connectivity index is 1.97. The van der Waals surface area contributed by atoms with Gasteiger partial charge in [-0.25, -0.2) is 0 Å². The lowest BCUT2D eigenvalue weighted by Gasteiger charge is -2.35.